The number of benzene rings is 2. The van der Waals surface area contributed by atoms with Crippen LogP contribution in [-0.4, -0.2) is 61.3 Å². The largest absolute Gasteiger partial charge is 0.372 e. The molecule has 4 rings (SSSR count). The van der Waals surface area contributed by atoms with Crippen LogP contribution in [0.15, 0.2) is 60.7 Å². The summed E-state index contributed by atoms with van der Waals surface area (Å²) < 4.78 is 6.33. The smallest absolute Gasteiger partial charge is 0.0833 e. The summed E-state index contributed by atoms with van der Waals surface area (Å²) >= 11 is 0. The molecule has 0 saturated carbocycles. The van der Waals surface area contributed by atoms with E-state index in [1.165, 1.54) is 37.1 Å². The Morgan fingerprint density at radius 3 is 1.82 bits per heavy atom. The van der Waals surface area contributed by atoms with Crippen molar-refractivity contribution in [1.82, 2.24) is 9.80 Å². The number of nitrogens with zero attached hydrogens (tertiary/aromatic N) is 2. The number of likely N-dealkylation sites (tertiary alicyclic amines) is 1. The molecule has 0 radical (unpaired) electrons. The third-order valence-corrected chi connectivity index (χ3v) is 6.21. The molecule has 2 heterocycles. The van der Waals surface area contributed by atoms with Crippen molar-refractivity contribution < 1.29 is 4.74 Å². The van der Waals surface area contributed by atoms with Gasteiger partial charge in [-0.05, 0) is 36.8 Å². The van der Waals surface area contributed by atoms with Crippen molar-refractivity contribution >= 4 is 0 Å². The highest BCUT2D eigenvalue weighted by Crippen LogP contribution is 2.30. The summed E-state index contributed by atoms with van der Waals surface area (Å²) in [6, 6.07) is 21.7. The predicted octanol–water partition coefficient (Wildman–Crippen LogP) is 4.27. The number of hydrogen-bond acceptors (Lipinski definition) is 3. The number of rotatable bonds is 6. The number of hydrogen-bond donors (Lipinski definition) is 0. The van der Waals surface area contributed by atoms with Crippen LogP contribution < -0.4 is 0 Å². The van der Waals surface area contributed by atoms with Crippen LogP contribution in [0.2, 0.25) is 0 Å². The second-order valence-corrected chi connectivity index (χ2v) is 8.12. The SMILES string of the molecule is C.c1ccc(CCN2CCC3(CC2)CN(CCc2ccccc2)CCO3)cc1. The van der Waals surface area contributed by atoms with Gasteiger partial charge >= 0.3 is 0 Å². The van der Waals surface area contributed by atoms with E-state index in [0.717, 1.165) is 45.6 Å². The minimum absolute atomic E-state index is 0. The van der Waals surface area contributed by atoms with Gasteiger partial charge in [0.25, 0.3) is 0 Å². The first-order chi connectivity index (χ1) is 13.3. The topological polar surface area (TPSA) is 15.7 Å². The first-order valence-electron chi connectivity index (χ1n) is 10.5. The lowest BCUT2D eigenvalue weighted by Crippen LogP contribution is -2.57. The zero-order valence-corrected chi connectivity index (χ0v) is 16.4. The fourth-order valence-electron chi connectivity index (χ4n) is 4.46. The molecule has 2 aliphatic heterocycles. The maximum Gasteiger partial charge on any atom is 0.0833 e. The van der Waals surface area contributed by atoms with E-state index in [2.05, 4.69) is 70.5 Å². The Morgan fingerprint density at radius 1 is 0.714 bits per heavy atom. The molecule has 0 N–H and O–H groups in total. The molecule has 0 atom stereocenters. The molecule has 2 saturated heterocycles. The first kappa shape index (κ1) is 21.0. The van der Waals surface area contributed by atoms with E-state index in [9.17, 15) is 0 Å². The highest BCUT2D eigenvalue weighted by Gasteiger charge is 2.39. The van der Waals surface area contributed by atoms with Crippen LogP contribution >= 0.6 is 0 Å². The monoisotopic (exact) mass is 380 g/mol. The van der Waals surface area contributed by atoms with Crippen LogP contribution in [0, 0.1) is 0 Å². The van der Waals surface area contributed by atoms with Gasteiger partial charge in [-0.25, -0.2) is 0 Å². The van der Waals surface area contributed by atoms with E-state index < -0.39 is 0 Å². The number of morpholine rings is 1. The molecule has 3 nitrogen and oxygen atoms in total. The molecule has 3 heteroatoms. The molecular formula is C25H36N2O. The standard InChI is InChI=1S/C24H32N2O.CH4/c1-3-7-22(8-4-1)11-15-25-17-13-24(14-18-25)21-26(19-20-27-24)16-12-23-9-5-2-6-10-23;/h1-10H,11-21H2;1H4. The van der Waals surface area contributed by atoms with Crippen molar-refractivity contribution in [2.75, 3.05) is 45.9 Å². The fraction of sp³-hybridized carbons (Fsp3) is 0.520. The summed E-state index contributed by atoms with van der Waals surface area (Å²) in [5.74, 6) is 0. The molecule has 0 aromatic heterocycles. The first-order valence-corrected chi connectivity index (χ1v) is 10.5. The molecule has 28 heavy (non-hydrogen) atoms. The van der Waals surface area contributed by atoms with Gasteiger partial charge in [-0.2, -0.15) is 0 Å². The Balaban J connectivity index is 0.00000225. The van der Waals surface area contributed by atoms with Crippen LogP contribution in [0.5, 0.6) is 0 Å². The Labute approximate surface area is 171 Å². The highest BCUT2D eigenvalue weighted by molar-refractivity contribution is 5.15. The zero-order valence-electron chi connectivity index (χ0n) is 16.4. The van der Waals surface area contributed by atoms with Crippen molar-refractivity contribution in [3.05, 3.63) is 71.8 Å². The zero-order chi connectivity index (χ0) is 18.4. The molecule has 0 amide bonds. The minimum atomic E-state index is 0. The van der Waals surface area contributed by atoms with E-state index in [-0.39, 0.29) is 13.0 Å². The average Bonchev–Trinajstić information content (AvgIpc) is 2.74. The number of ether oxygens (including phenoxy) is 1. The van der Waals surface area contributed by atoms with Crippen molar-refractivity contribution in [1.29, 1.82) is 0 Å². The minimum Gasteiger partial charge on any atom is -0.372 e. The maximum atomic E-state index is 6.33. The summed E-state index contributed by atoms with van der Waals surface area (Å²) in [6.45, 7) is 7.71. The van der Waals surface area contributed by atoms with Crippen LogP contribution in [0.1, 0.15) is 31.4 Å². The normalized spacial score (nSPS) is 20.0. The van der Waals surface area contributed by atoms with Crippen LogP contribution in [-0.2, 0) is 17.6 Å². The van der Waals surface area contributed by atoms with Gasteiger partial charge in [0, 0.05) is 39.3 Å². The maximum absolute atomic E-state index is 6.33. The van der Waals surface area contributed by atoms with Crippen molar-refractivity contribution in [3.8, 4) is 0 Å². The molecule has 1 spiro atoms. The lowest BCUT2D eigenvalue weighted by molar-refractivity contribution is -0.135. The van der Waals surface area contributed by atoms with Gasteiger partial charge in [-0.15, -0.1) is 0 Å². The third-order valence-electron chi connectivity index (χ3n) is 6.21. The molecule has 2 aromatic rings. The number of piperidine rings is 1. The average molecular weight is 381 g/mol. The van der Waals surface area contributed by atoms with Crippen LogP contribution in [0.3, 0.4) is 0 Å². The molecule has 0 aliphatic carbocycles. The second-order valence-electron chi connectivity index (χ2n) is 8.12. The van der Waals surface area contributed by atoms with Gasteiger partial charge in [0.05, 0.1) is 12.2 Å². The van der Waals surface area contributed by atoms with Crippen LogP contribution in [0.4, 0.5) is 0 Å². The van der Waals surface area contributed by atoms with E-state index in [4.69, 9.17) is 4.74 Å². The van der Waals surface area contributed by atoms with Crippen LogP contribution in [0.25, 0.3) is 0 Å². The summed E-state index contributed by atoms with van der Waals surface area (Å²) in [7, 11) is 0. The lowest BCUT2D eigenvalue weighted by atomic mass is 9.89. The molecule has 152 valence electrons. The molecule has 0 bridgehead atoms. The Morgan fingerprint density at radius 2 is 1.25 bits per heavy atom. The van der Waals surface area contributed by atoms with Gasteiger partial charge in [0.2, 0.25) is 0 Å². The Kier molecular flexibility index (Phi) is 7.66. The van der Waals surface area contributed by atoms with E-state index >= 15 is 0 Å². The lowest BCUT2D eigenvalue weighted by Gasteiger charge is -2.47. The quantitative estimate of drug-likeness (QED) is 0.744. The molecule has 2 fully saturated rings. The summed E-state index contributed by atoms with van der Waals surface area (Å²) in [6.07, 6.45) is 4.63. The van der Waals surface area contributed by atoms with E-state index in [1.54, 1.807) is 0 Å². The molecule has 2 aromatic carbocycles. The van der Waals surface area contributed by atoms with Gasteiger partial charge in [-0.3, -0.25) is 4.90 Å². The van der Waals surface area contributed by atoms with Crippen molar-refractivity contribution in [2.24, 2.45) is 0 Å². The summed E-state index contributed by atoms with van der Waals surface area (Å²) in [4.78, 5) is 5.24. The molecule has 0 unspecified atom stereocenters. The Hall–Kier alpha value is -1.68. The van der Waals surface area contributed by atoms with Crippen molar-refractivity contribution in [3.63, 3.8) is 0 Å². The van der Waals surface area contributed by atoms with Crippen molar-refractivity contribution in [2.45, 2.75) is 38.7 Å². The summed E-state index contributed by atoms with van der Waals surface area (Å²) in [5, 5.41) is 0. The van der Waals surface area contributed by atoms with E-state index in [0.29, 0.717) is 0 Å². The van der Waals surface area contributed by atoms with Gasteiger partial charge in [0.15, 0.2) is 0 Å². The second kappa shape index (κ2) is 10.2. The fourth-order valence-corrected chi connectivity index (χ4v) is 4.46. The van der Waals surface area contributed by atoms with Gasteiger partial charge < -0.3 is 9.64 Å². The van der Waals surface area contributed by atoms with Gasteiger partial charge in [-0.1, -0.05) is 68.1 Å². The summed E-state index contributed by atoms with van der Waals surface area (Å²) in [5.41, 5.74) is 2.98. The molecular weight excluding hydrogens is 344 g/mol. The van der Waals surface area contributed by atoms with Gasteiger partial charge in [0.1, 0.15) is 0 Å². The highest BCUT2D eigenvalue weighted by atomic mass is 16.5. The Bertz CT molecular complexity index is 680. The predicted molar refractivity (Wildman–Crippen MR) is 118 cm³/mol. The van der Waals surface area contributed by atoms with E-state index in [1.807, 2.05) is 0 Å². The third kappa shape index (κ3) is 5.66. The molecule has 2 aliphatic rings.